The predicted octanol–water partition coefficient (Wildman–Crippen LogP) is 3.20. The van der Waals surface area contributed by atoms with Crippen molar-refractivity contribution in [3.8, 4) is 11.5 Å². The minimum atomic E-state index is -0.276. The van der Waals surface area contributed by atoms with Gasteiger partial charge in [0.15, 0.2) is 11.5 Å². The lowest BCUT2D eigenvalue weighted by Crippen LogP contribution is -2.46. The van der Waals surface area contributed by atoms with Crippen molar-refractivity contribution in [3.05, 3.63) is 59.4 Å². The number of ether oxygens (including phenoxy) is 2. The number of nitrogens with zero attached hydrogens (tertiary/aromatic N) is 1. The number of amides is 2. The summed E-state index contributed by atoms with van der Waals surface area (Å²) < 4.78 is 23.4. The van der Waals surface area contributed by atoms with E-state index in [1.165, 1.54) is 19.2 Å². The van der Waals surface area contributed by atoms with E-state index in [0.717, 1.165) is 5.56 Å². The van der Waals surface area contributed by atoms with E-state index in [1.54, 1.807) is 37.4 Å². The van der Waals surface area contributed by atoms with Crippen LogP contribution in [0.5, 0.6) is 11.5 Å². The van der Waals surface area contributed by atoms with Gasteiger partial charge in [0.25, 0.3) is 5.91 Å². The van der Waals surface area contributed by atoms with Gasteiger partial charge in [-0.05, 0) is 55.2 Å². The van der Waals surface area contributed by atoms with Gasteiger partial charge in [-0.3, -0.25) is 9.59 Å². The Bertz CT molecular complexity index is 877. The van der Waals surface area contributed by atoms with Crippen LogP contribution >= 0.6 is 0 Å². The van der Waals surface area contributed by atoms with Crippen LogP contribution in [0.4, 0.5) is 4.39 Å². The summed E-state index contributed by atoms with van der Waals surface area (Å²) in [5, 5.41) is 3.04. The number of piperidine rings is 1. The number of carbonyl (C=O) groups is 2. The fraction of sp³-hybridized carbons (Fsp3) is 0.391. The van der Waals surface area contributed by atoms with Gasteiger partial charge in [0.1, 0.15) is 5.82 Å². The van der Waals surface area contributed by atoms with Gasteiger partial charge in [0, 0.05) is 31.1 Å². The molecule has 1 N–H and O–H groups in total. The minimum Gasteiger partial charge on any atom is -0.493 e. The zero-order chi connectivity index (χ0) is 21.5. The Morgan fingerprint density at radius 2 is 1.70 bits per heavy atom. The lowest BCUT2D eigenvalue weighted by Gasteiger charge is -2.32. The molecule has 0 atom stereocenters. The summed E-state index contributed by atoms with van der Waals surface area (Å²) in [6.45, 7) is 1.22. The molecule has 0 aliphatic carbocycles. The summed E-state index contributed by atoms with van der Waals surface area (Å²) in [5.74, 6) is 0.719. The van der Waals surface area contributed by atoms with E-state index in [4.69, 9.17) is 9.47 Å². The van der Waals surface area contributed by atoms with E-state index in [9.17, 15) is 14.0 Å². The molecule has 6 nitrogen and oxygen atoms in total. The van der Waals surface area contributed by atoms with Crippen molar-refractivity contribution in [1.82, 2.24) is 10.2 Å². The minimum absolute atomic E-state index is 0.0201. The molecule has 0 bridgehead atoms. The molecule has 0 saturated carbocycles. The van der Waals surface area contributed by atoms with Crippen LogP contribution in [0.2, 0.25) is 0 Å². The second-order valence-electron chi connectivity index (χ2n) is 7.32. The van der Waals surface area contributed by atoms with Gasteiger partial charge in [-0.2, -0.15) is 0 Å². The van der Waals surface area contributed by atoms with Gasteiger partial charge in [0.05, 0.1) is 14.2 Å². The highest BCUT2D eigenvalue weighted by atomic mass is 19.1. The molecule has 1 fully saturated rings. The zero-order valence-corrected chi connectivity index (χ0v) is 17.3. The monoisotopic (exact) mass is 414 g/mol. The van der Waals surface area contributed by atoms with E-state index >= 15 is 0 Å². The molecule has 0 aromatic heterocycles. The largest absolute Gasteiger partial charge is 0.493 e. The second-order valence-corrected chi connectivity index (χ2v) is 7.32. The van der Waals surface area contributed by atoms with Crippen molar-refractivity contribution in [2.45, 2.75) is 31.7 Å². The van der Waals surface area contributed by atoms with Crippen LogP contribution in [0.3, 0.4) is 0 Å². The molecule has 160 valence electrons. The SMILES string of the molecule is COc1ccc(C(=O)NC2CCN(C(=O)CCc3ccc(F)cc3)CC2)cc1OC. The van der Waals surface area contributed by atoms with E-state index in [1.807, 2.05) is 4.90 Å². The molecule has 7 heteroatoms. The number of likely N-dealkylation sites (tertiary alicyclic amines) is 1. The van der Waals surface area contributed by atoms with Crippen molar-refractivity contribution in [3.63, 3.8) is 0 Å². The highest BCUT2D eigenvalue weighted by Gasteiger charge is 2.24. The third kappa shape index (κ3) is 5.49. The van der Waals surface area contributed by atoms with Gasteiger partial charge >= 0.3 is 0 Å². The fourth-order valence-corrected chi connectivity index (χ4v) is 3.58. The van der Waals surface area contributed by atoms with Crippen molar-refractivity contribution in [1.29, 1.82) is 0 Å². The maximum atomic E-state index is 13.0. The van der Waals surface area contributed by atoms with Gasteiger partial charge in [0.2, 0.25) is 5.91 Å². The van der Waals surface area contributed by atoms with E-state index < -0.39 is 0 Å². The van der Waals surface area contributed by atoms with Gasteiger partial charge in [-0.15, -0.1) is 0 Å². The van der Waals surface area contributed by atoms with Crippen LogP contribution in [0.15, 0.2) is 42.5 Å². The number of aryl methyl sites for hydroxylation is 1. The Morgan fingerprint density at radius 1 is 1.03 bits per heavy atom. The van der Waals surface area contributed by atoms with Crippen molar-refractivity contribution in [2.75, 3.05) is 27.3 Å². The summed E-state index contributed by atoms with van der Waals surface area (Å²) in [5.41, 5.74) is 1.45. The van der Waals surface area contributed by atoms with Crippen molar-refractivity contribution >= 4 is 11.8 Å². The van der Waals surface area contributed by atoms with Crippen LogP contribution in [0.25, 0.3) is 0 Å². The second kappa shape index (κ2) is 10.1. The summed E-state index contributed by atoms with van der Waals surface area (Å²) in [7, 11) is 3.08. The summed E-state index contributed by atoms with van der Waals surface area (Å²) >= 11 is 0. The standard InChI is InChI=1S/C23H27FN2O4/c1-29-20-9-6-17(15-21(20)30-2)23(28)25-19-11-13-26(14-12-19)22(27)10-5-16-3-7-18(24)8-4-16/h3-4,6-9,15,19H,5,10-14H2,1-2H3,(H,25,28). The Hall–Kier alpha value is -3.09. The lowest BCUT2D eigenvalue weighted by atomic mass is 10.0. The van der Waals surface area contributed by atoms with Crippen LogP contribution in [0, 0.1) is 5.82 Å². The van der Waals surface area contributed by atoms with E-state index in [-0.39, 0.29) is 23.7 Å². The summed E-state index contributed by atoms with van der Waals surface area (Å²) in [6.07, 6.45) is 2.41. The molecule has 3 rings (SSSR count). The average molecular weight is 414 g/mol. The van der Waals surface area contributed by atoms with Gasteiger partial charge in [-0.1, -0.05) is 12.1 Å². The molecule has 1 saturated heterocycles. The van der Waals surface area contributed by atoms with Gasteiger partial charge in [-0.25, -0.2) is 4.39 Å². The van der Waals surface area contributed by atoms with Crippen molar-refractivity contribution in [2.24, 2.45) is 0 Å². The molecule has 1 aliphatic rings. The summed E-state index contributed by atoms with van der Waals surface area (Å²) in [6, 6.07) is 11.3. The third-order valence-electron chi connectivity index (χ3n) is 5.37. The Morgan fingerprint density at radius 3 is 2.33 bits per heavy atom. The molecular formula is C23H27FN2O4. The average Bonchev–Trinajstić information content (AvgIpc) is 2.78. The molecule has 1 heterocycles. The number of rotatable bonds is 7. The topological polar surface area (TPSA) is 67.9 Å². The van der Waals surface area contributed by atoms with Crippen LogP contribution in [0.1, 0.15) is 35.2 Å². The quantitative estimate of drug-likeness (QED) is 0.756. The van der Waals surface area contributed by atoms with Gasteiger partial charge < -0.3 is 19.7 Å². The number of hydrogen-bond acceptors (Lipinski definition) is 4. The molecule has 0 radical (unpaired) electrons. The zero-order valence-electron chi connectivity index (χ0n) is 17.3. The Balaban J connectivity index is 1.46. The van der Waals surface area contributed by atoms with Crippen molar-refractivity contribution < 1.29 is 23.5 Å². The number of nitrogens with one attached hydrogen (secondary N) is 1. The number of methoxy groups -OCH3 is 2. The van der Waals surface area contributed by atoms with E-state index in [0.29, 0.717) is 55.8 Å². The smallest absolute Gasteiger partial charge is 0.251 e. The molecule has 0 spiro atoms. The first kappa shape index (κ1) is 21.6. The maximum Gasteiger partial charge on any atom is 0.251 e. The maximum absolute atomic E-state index is 13.0. The molecule has 2 aromatic carbocycles. The van der Waals surface area contributed by atoms with Crippen LogP contribution < -0.4 is 14.8 Å². The molecule has 0 unspecified atom stereocenters. The molecule has 30 heavy (non-hydrogen) atoms. The fourth-order valence-electron chi connectivity index (χ4n) is 3.58. The highest BCUT2D eigenvalue weighted by Crippen LogP contribution is 2.27. The number of halogens is 1. The third-order valence-corrected chi connectivity index (χ3v) is 5.37. The molecule has 2 amide bonds. The predicted molar refractivity (Wildman–Crippen MR) is 111 cm³/mol. The molecule has 2 aromatic rings. The summed E-state index contributed by atoms with van der Waals surface area (Å²) in [4.78, 5) is 26.9. The lowest BCUT2D eigenvalue weighted by molar-refractivity contribution is -0.132. The number of carbonyl (C=O) groups excluding carboxylic acids is 2. The first-order chi connectivity index (χ1) is 14.5. The van der Waals surface area contributed by atoms with Crippen LogP contribution in [-0.4, -0.2) is 50.1 Å². The highest BCUT2D eigenvalue weighted by molar-refractivity contribution is 5.95. The molecule has 1 aliphatic heterocycles. The Kier molecular flexibility index (Phi) is 7.27. The Labute approximate surface area is 176 Å². The van der Waals surface area contributed by atoms with E-state index in [2.05, 4.69) is 5.32 Å². The number of benzene rings is 2. The molecular weight excluding hydrogens is 387 g/mol. The van der Waals surface area contributed by atoms with Crippen LogP contribution in [-0.2, 0) is 11.2 Å². The first-order valence-corrected chi connectivity index (χ1v) is 10.0. The normalized spacial score (nSPS) is 14.3. The first-order valence-electron chi connectivity index (χ1n) is 10.0. The number of hydrogen-bond donors (Lipinski definition) is 1.